The van der Waals surface area contributed by atoms with E-state index < -0.39 is 12.7 Å². The van der Waals surface area contributed by atoms with Crippen LogP contribution < -0.4 is 5.73 Å². The Labute approximate surface area is 82.2 Å². The predicted molar refractivity (Wildman–Crippen MR) is 48.9 cm³/mol. The van der Waals surface area contributed by atoms with Gasteiger partial charge in [0.15, 0.2) is 0 Å². The molecule has 2 nitrogen and oxygen atoms in total. The van der Waals surface area contributed by atoms with Crippen LogP contribution in [-0.2, 0) is 0 Å². The van der Waals surface area contributed by atoms with Crippen molar-refractivity contribution >= 4 is 0 Å². The second kappa shape index (κ2) is 4.49. The average Bonchev–Trinajstić information content (AvgIpc) is 2.77. The van der Waals surface area contributed by atoms with Crippen LogP contribution in [0, 0.1) is 0 Å². The molecule has 14 heavy (non-hydrogen) atoms. The minimum atomic E-state index is -4.08. The highest BCUT2D eigenvalue weighted by Crippen LogP contribution is 2.30. The molecule has 84 valence electrons. The van der Waals surface area contributed by atoms with Gasteiger partial charge in [-0.25, -0.2) is 0 Å². The normalized spacial score (nSPS) is 20.1. The van der Waals surface area contributed by atoms with E-state index in [1.54, 1.807) is 0 Å². The summed E-state index contributed by atoms with van der Waals surface area (Å²) >= 11 is 0. The molecule has 1 aliphatic rings. The third-order valence-corrected chi connectivity index (χ3v) is 2.32. The van der Waals surface area contributed by atoms with Crippen LogP contribution in [0.4, 0.5) is 13.2 Å². The molecule has 5 heteroatoms. The maximum atomic E-state index is 12.1. The third kappa shape index (κ3) is 4.81. The van der Waals surface area contributed by atoms with Crippen molar-refractivity contribution in [1.29, 1.82) is 0 Å². The first-order chi connectivity index (χ1) is 6.38. The van der Waals surface area contributed by atoms with Crippen LogP contribution >= 0.6 is 0 Å². The zero-order chi connectivity index (χ0) is 10.8. The Morgan fingerprint density at radius 3 is 2.36 bits per heavy atom. The maximum Gasteiger partial charge on any atom is 0.401 e. The van der Waals surface area contributed by atoms with Crippen molar-refractivity contribution in [3.05, 3.63) is 0 Å². The molecule has 0 heterocycles. The van der Waals surface area contributed by atoms with Crippen molar-refractivity contribution < 1.29 is 13.2 Å². The van der Waals surface area contributed by atoms with Gasteiger partial charge in [-0.2, -0.15) is 13.2 Å². The predicted octanol–water partition coefficient (Wildman–Crippen LogP) is 1.75. The molecule has 0 saturated heterocycles. The van der Waals surface area contributed by atoms with E-state index >= 15 is 0 Å². The molecule has 1 aliphatic carbocycles. The van der Waals surface area contributed by atoms with Gasteiger partial charge in [0, 0.05) is 18.6 Å². The fraction of sp³-hybridized carbons (Fsp3) is 1.00. The number of alkyl halides is 3. The summed E-state index contributed by atoms with van der Waals surface area (Å²) in [6, 6.07) is 0.125. The number of rotatable bonds is 5. The summed E-state index contributed by atoms with van der Waals surface area (Å²) in [6.07, 6.45) is -1.66. The van der Waals surface area contributed by atoms with E-state index in [1.165, 1.54) is 4.90 Å². The van der Waals surface area contributed by atoms with E-state index in [1.807, 2.05) is 6.92 Å². The van der Waals surface area contributed by atoms with Crippen molar-refractivity contribution in [1.82, 2.24) is 4.90 Å². The molecule has 0 bridgehead atoms. The molecule has 0 aromatic carbocycles. The van der Waals surface area contributed by atoms with Crippen LogP contribution in [0.3, 0.4) is 0 Å². The molecular weight excluding hydrogens is 193 g/mol. The van der Waals surface area contributed by atoms with Gasteiger partial charge in [0.05, 0.1) is 6.54 Å². The van der Waals surface area contributed by atoms with Crippen molar-refractivity contribution in [2.45, 2.75) is 44.4 Å². The standard InChI is InChI=1S/C9H17F3N2/c1-7(13)4-5-14(8-2-3-8)6-9(10,11)12/h7-8H,2-6,13H2,1H3. The van der Waals surface area contributed by atoms with Crippen molar-refractivity contribution in [2.24, 2.45) is 5.73 Å². The SMILES string of the molecule is CC(N)CCN(CC(F)(F)F)C1CC1. The smallest absolute Gasteiger partial charge is 0.328 e. The van der Waals surface area contributed by atoms with E-state index in [2.05, 4.69) is 0 Å². The summed E-state index contributed by atoms with van der Waals surface area (Å²) in [5, 5.41) is 0. The number of nitrogens with two attached hydrogens (primary N) is 1. The quantitative estimate of drug-likeness (QED) is 0.749. The van der Waals surface area contributed by atoms with Gasteiger partial charge in [0.2, 0.25) is 0 Å². The third-order valence-electron chi connectivity index (χ3n) is 2.32. The lowest BCUT2D eigenvalue weighted by atomic mass is 10.2. The highest BCUT2D eigenvalue weighted by Gasteiger charge is 2.37. The topological polar surface area (TPSA) is 29.3 Å². The minimum absolute atomic E-state index is 0.0236. The van der Waals surface area contributed by atoms with Crippen molar-refractivity contribution in [3.63, 3.8) is 0 Å². The second-order valence-electron chi connectivity index (χ2n) is 4.08. The van der Waals surface area contributed by atoms with Gasteiger partial charge >= 0.3 is 6.18 Å². The zero-order valence-corrected chi connectivity index (χ0v) is 8.35. The van der Waals surface area contributed by atoms with Gasteiger partial charge in [-0.05, 0) is 26.2 Å². The first kappa shape index (κ1) is 11.8. The first-order valence-electron chi connectivity index (χ1n) is 4.95. The van der Waals surface area contributed by atoms with Crippen LogP contribution in [0.5, 0.6) is 0 Å². The van der Waals surface area contributed by atoms with E-state index in [-0.39, 0.29) is 12.1 Å². The molecular formula is C9H17F3N2. The Kier molecular flexibility index (Phi) is 3.78. The van der Waals surface area contributed by atoms with E-state index in [0.717, 1.165) is 12.8 Å². The van der Waals surface area contributed by atoms with Crippen LogP contribution in [0.2, 0.25) is 0 Å². The summed E-state index contributed by atoms with van der Waals surface area (Å²) in [7, 11) is 0. The van der Waals surface area contributed by atoms with Crippen molar-refractivity contribution in [3.8, 4) is 0 Å². The summed E-state index contributed by atoms with van der Waals surface area (Å²) in [5.41, 5.74) is 5.52. The Hall–Kier alpha value is -0.290. The Bertz CT molecular complexity index is 175. The Morgan fingerprint density at radius 1 is 1.43 bits per heavy atom. The van der Waals surface area contributed by atoms with E-state index in [9.17, 15) is 13.2 Å². The summed E-state index contributed by atoms with van der Waals surface area (Å²) in [6.45, 7) is 1.49. The molecule has 1 saturated carbocycles. The largest absolute Gasteiger partial charge is 0.401 e. The molecule has 0 aromatic rings. The van der Waals surface area contributed by atoms with E-state index in [4.69, 9.17) is 5.73 Å². The molecule has 2 N–H and O–H groups in total. The van der Waals surface area contributed by atoms with Gasteiger partial charge in [-0.1, -0.05) is 0 Å². The lowest BCUT2D eigenvalue weighted by Gasteiger charge is -2.23. The number of halogens is 3. The molecule has 1 atom stereocenters. The molecule has 0 radical (unpaired) electrons. The molecule has 0 spiro atoms. The van der Waals surface area contributed by atoms with Crippen LogP contribution in [-0.4, -0.2) is 36.2 Å². The van der Waals surface area contributed by atoms with Crippen LogP contribution in [0.25, 0.3) is 0 Å². The summed E-state index contributed by atoms with van der Waals surface area (Å²) in [4.78, 5) is 1.50. The number of nitrogens with zero attached hydrogens (tertiary/aromatic N) is 1. The average molecular weight is 210 g/mol. The highest BCUT2D eigenvalue weighted by atomic mass is 19.4. The summed E-state index contributed by atoms with van der Waals surface area (Å²) in [5.74, 6) is 0. The lowest BCUT2D eigenvalue weighted by Crippen LogP contribution is -2.38. The van der Waals surface area contributed by atoms with Gasteiger partial charge in [0.1, 0.15) is 0 Å². The Balaban J connectivity index is 2.32. The second-order valence-corrected chi connectivity index (χ2v) is 4.08. The number of hydrogen-bond acceptors (Lipinski definition) is 2. The minimum Gasteiger partial charge on any atom is -0.328 e. The fourth-order valence-corrected chi connectivity index (χ4v) is 1.43. The first-order valence-corrected chi connectivity index (χ1v) is 4.95. The fourth-order valence-electron chi connectivity index (χ4n) is 1.43. The molecule has 0 aromatic heterocycles. The van der Waals surface area contributed by atoms with Crippen LogP contribution in [0.15, 0.2) is 0 Å². The van der Waals surface area contributed by atoms with Gasteiger partial charge in [-0.3, -0.25) is 4.90 Å². The molecule has 1 fully saturated rings. The number of hydrogen-bond donors (Lipinski definition) is 1. The van der Waals surface area contributed by atoms with E-state index in [0.29, 0.717) is 13.0 Å². The maximum absolute atomic E-state index is 12.1. The lowest BCUT2D eigenvalue weighted by molar-refractivity contribution is -0.147. The molecule has 0 amide bonds. The summed E-state index contributed by atoms with van der Waals surface area (Å²) < 4.78 is 36.4. The van der Waals surface area contributed by atoms with Gasteiger partial charge in [-0.15, -0.1) is 0 Å². The monoisotopic (exact) mass is 210 g/mol. The van der Waals surface area contributed by atoms with Gasteiger partial charge in [0.25, 0.3) is 0 Å². The van der Waals surface area contributed by atoms with Gasteiger partial charge < -0.3 is 5.73 Å². The van der Waals surface area contributed by atoms with Crippen LogP contribution in [0.1, 0.15) is 26.2 Å². The molecule has 1 rings (SSSR count). The highest BCUT2D eigenvalue weighted by molar-refractivity contribution is 4.86. The molecule has 0 aliphatic heterocycles. The van der Waals surface area contributed by atoms with Crippen molar-refractivity contribution in [2.75, 3.05) is 13.1 Å². The molecule has 1 unspecified atom stereocenters. The Morgan fingerprint density at radius 2 is 2.00 bits per heavy atom. The zero-order valence-electron chi connectivity index (χ0n) is 8.35.